The SMILES string of the molecule is CC(O)CN(C)S(=O)(=O)c1ccc(F)cc1F. The number of benzene rings is 1. The summed E-state index contributed by atoms with van der Waals surface area (Å²) in [6.07, 6.45) is -0.877. The Balaban J connectivity index is 3.13. The van der Waals surface area contributed by atoms with Crippen LogP contribution in [-0.2, 0) is 10.0 Å². The molecule has 0 aliphatic rings. The molecule has 0 saturated heterocycles. The van der Waals surface area contributed by atoms with Gasteiger partial charge in [0.1, 0.15) is 16.5 Å². The van der Waals surface area contributed by atoms with Crippen LogP contribution in [0.3, 0.4) is 0 Å². The highest BCUT2D eigenvalue weighted by atomic mass is 32.2. The zero-order valence-corrected chi connectivity index (χ0v) is 10.2. The van der Waals surface area contributed by atoms with Crippen molar-refractivity contribution in [2.24, 2.45) is 0 Å². The first kappa shape index (κ1) is 14.0. The van der Waals surface area contributed by atoms with Gasteiger partial charge < -0.3 is 5.11 Å². The summed E-state index contributed by atoms with van der Waals surface area (Å²) in [6.45, 7) is 1.24. The molecule has 1 aromatic rings. The molecule has 0 heterocycles. The Morgan fingerprint density at radius 1 is 1.41 bits per heavy atom. The Morgan fingerprint density at radius 3 is 2.47 bits per heavy atom. The summed E-state index contributed by atoms with van der Waals surface area (Å²) in [4.78, 5) is -0.609. The van der Waals surface area contributed by atoms with Crippen molar-refractivity contribution >= 4 is 10.0 Å². The number of likely N-dealkylation sites (N-methyl/N-ethyl adjacent to an activating group) is 1. The molecule has 1 aromatic carbocycles. The summed E-state index contributed by atoms with van der Waals surface area (Å²) in [5.41, 5.74) is 0. The first-order chi connectivity index (χ1) is 7.75. The summed E-state index contributed by atoms with van der Waals surface area (Å²) < 4.78 is 50.5. The molecule has 1 rings (SSSR count). The molecule has 96 valence electrons. The number of halogens is 2. The number of aliphatic hydroxyl groups excluding tert-OH is 1. The second kappa shape index (κ2) is 5.07. The average molecular weight is 265 g/mol. The first-order valence-corrected chi connectivity index (χ1v) is 6.28. The zero-order valence-electron chi connectivity index (χ0n) is 9.39. The summed E-state index contributed by atoms with van der Waals surface area (Å²) >= 11 is 0. The molecule has 0 bridgehead atoms. The number of sulfonamides is 1. The second-order valence-corrected chi connectivity index (χ2v) is 5.72. The Kier molecular flexibility index (Phi) is 4.18. The number of hydrogen-bond acceptors (Lipinski definition) is 3. The van der Waals surface area contributed by atoms with E-state index in [9.17, 15) is 17.2 Å². The summed E-state index contributed by atoms with van der Waals surface area (Å²) in [6, 6.07) is 2.23. The van der Waals surface area contributed by atoms with E-state index in [0.717, 1.165) is 16.4 Å². The summed E-state index contributed by atoms with van der Waals surface area (Å²) in [5, 5.41) is 9.09. The van der Waals surface area contributed by atoms with Crippen LogP contribution < -0.4 is 0 Å². The van der Waals surface area contributed by atoms with Crippen LogP contribution in [-0.4, -0.2) is 37.5 Å². The Morgan fingerprint density at radius 2 is 2.00 bits per heavy atom. The molecule has 0 fully saturated rings. The normalized spacial score (nSPS) is 14.0. The molecule has 0 radical (unpaired) electrons. The van der Waals surface area contributed by atoms with E-state index in [1.807, 2.05) is 0 Å². The van der Waals surface area contributed by atoms with Crippen molar-refractivity contribution in [1.29, 1.82) is 0 Å². The van der Waals surface area contributed by atoms with E-state index < -0.39 is 32.7 Å². The van der Waals surface area contributed by atoms with Gasteiger partial charge in [-0.25, -0.2) is 17.2 Å². The standard InChI is InChI=1S/C10H13F2NO3S/c1-7(14)6-13(2)17(15,16)10-4-3-8(11)5-9(10)12/h3-5,7,14H,6H2,1-2H3. The maximum atomic E-state index is 13.3. The highest BCUT2D eigenvalue weighted by Crippen LogP contribution is 2.19. The number of nitrogens with zero attached hydrogens (tertiary/aromatic N) is 1. The molecule has 0 aromatic heterocycles. The number of hydrogen-bond donors (Lipinski definition) is 1. The highest BCUT2D eigenvalue weighted by molar-refractivity contribution is 7.89. The van der Waals surface area contributed by atoms with Gasteiger partial charge in [-0.15, -0.1) is 0 Å². The van der Waals surface area contributed by atoms with Crippen LogP contribution in [0, 0.1) is 11.6 Å². The third-order valence-electron chi connectivity index (χ3n) is 2.10. The van der Waals surface area contributed by atoms with Gasteiger partial charge >= 0.3 is 0 Å². The van der Waals surface area contributed by atoms with Crippen molar-refractivity contribution in [3.63, 3.8) is 0 Å². The summed E-state index contributed by atoms with van der Waals surface area (Å²) in [5.74, 6) is -2.00. The van der Waals surface area contributed by atoms with E-state index in [-0.39, 0.29) is 6.54 Å². The van der Waals surface area contributed by atoms with E-state index >= 15 is 0 Å². The van der Waals surface area contributed by atoms with Crippen LogP contribution >= 0.6 is 0 Å². The predicted octanol–water partition coefficient (Wildman–Crippen LogP) is 0.966. The lowest BCUT2D eigenvalue weighted by Gasteiger charge is -2.18. The van der Waals surface area contributed by atoms with Crippen molar-refractivity contribution in [2.45, 2.75) is 17.9 Å². The van der Waals surface area contributed by atoms with Gasteiger partial charge in [0.2, 0.25) is 10.0 Å². The third kappa shape index (κ3) is 3.21. The minimum atomic E-state index is -4.05. The fraction of sp³-hybridized carbons (Fsp3) is 0.400. The predicted molar refractivity (Wildman–Crippen MR) is 57.9 cm³/mol. The van der Waals surface area contributed by atoms with Gasteiger partial charge in [0, 0.05) is 19.7 Å². The van der Waals surface area contributed by atoms with Gasteiger partial charge in [0.05, 0.1) is 6.10 Å². The van der Waals surface area contributed by atoms with Gasteiger partial charge in [0.25, 0.3) is 0 Å². The first-order valence-electron chi connectivity index (χ1n) is 4.84. The Bertz CT molecular complexity index is 502. The Hall–Kier alpha value is -1.05. The second-order valence-electron chi connectivity index (χ2n) is 3.71. The van der Waals surface area contributed by atoms with Gasteiger partial charge in [0.15, 0.2) is 0 Å². The van der Waals surface area contributed by atoms with Gasteiger partial charge in [-0.1, -0.05) is 0 Å². The van der Waals surface area contributed by atoms with Gasteiger partial charge in [-0.05, 0) is 19.1 Å². The van der Waals surface area contributed by atoms with E-state index in [1.54, 1.807) is 0 Å². The summed E-state index contributed by atoms with van der Waals surface area (Å²) in [7, 11) is -2.84. The highest BCUT2D eigenvalue weighted by Gasteiger charge is 2.25. The van der Waals surface area contributed by atoms with Crippen LogP contribution in [0.4, 0.5) is 8.78 Å². The van der Waals surface area contributed by atoms with E-state index in [4.69, 9.17) is 5.11 Å². The monoisotopic (exact) mass is 265 g/mol. The topological polar surface area (TPSA) is 57.6 Å². The van der Waals surface area contributed by atoms with Crippen molar-refractivity contribution in [3.05, 3.63) is 29.8 Å². The lowest BCUT2D eigenvalue weighted by molar-refractivity contribution is 0.171. The fourth-order valence-electron chi connectivity index (χ4n) is 1.32. The average Bonchev–Trinajstić information content (AvgIpc) is 2.15. The zero-order chi connectivity index (χ0) is 13.2. The molecule has 17 heavy (non-hydrogen) atoms. The number of aliphatic hydroxyl groups is 1. The van der Waals surface area contributed by atoms with Crippen molar-refractivity contribution in [1.82, 2.24) is 4.31 Å². The van der Waals surface area contributed by atoms with Gasteiger partial charge in [-0.2, -0.15) is 4.31 Å². The molecule has 1 unspecified atom stereocenters. The quantitative estimate of drug-likeness (QED) is 0.882. The third-order valence-corrected chi connectivity index (χ3v) is 3.96. The minimum absolute atomic E-state index is 0.168. The van der Waals surface area contributed by atoms with E-state index in [2.05, 4.69) is 0 Å². The largest absolute Gasteiger partial charge is 0.392 e. The Labute approximate surface area is 98.5 Å². The molecule has 1 atom stereocenters. The molecule has 4 nitrogen and oxygen atoms in total. The number of rotatable bonds is 4. The van der Waals surface area contributed by atoms with Crippen LogP contribution in [0.5, 0.6) is 0 Å². The van der Waals surface area contributed by atoms with E-state index in [0.29, 0.717) is 6.07 Å². The lowest BCUT2D eigenvalue weighted by Crippen LogP contribution is -2.33. The molecule has 0 spiro atoms. The van der Waals surface area contributed by atoms with Crippen molar-refractivity contribution in [2.75, 3.05) is 13.6 Å². The minimum Gasteiger partial charge on any atom is -0.392 e. The molecule has 0 aliphatic carbocycles. The molecular weight excluding hydrogens is 252 g/mol. The maximum absolute atomic E-state index is 13.3. The smallest absolute Gasteiger partial charge is 0.245 e. The molecule has 0 amide bonds. The fourth-order valence-corrected chi connectivity index (χ4v) is 2.62. The van der Waals surface area contributed by atoms with Gasteiger partial charge in [-0.3, -0.25) is 0 Å². The van der Waals surface area contributed by atoms with E-state index in [1.165, 1.54) is 14.0 Å². The van der Waals surface area contributed by atoms with Crippen LogP contribution in [0.1, 0.15) is 6.92 Å². The molecule has 1 N–H and O–H groups in total. The molecule has 7 heteroatoms. The van der Waals surface area contributed by atoms with Crippen LogP contribution in [0.2, 0.25) is 0 Å². The van der Waals surface area contributed by atoms with Crippen LogP contribution in [0.15, 0.2) is 23.1 Å². The lowest BCUT2D eigenvalue weighted by atomic mass is 10.3. The molecule has 0 aliphatic heterocycles. The van der Waals surface area contributed by atoms with Crippen LogP contribution in [0.25, 0.3) is 0 Å². The maximum Gasteiger partial charge on any atom is 0.245 e. The molecular formula is C10H13F2NO3S. The van der Waals surface area contributed by atoms with Crippen molar-refractivity contribution < 1.29 is 22.3 Å². The molecule has 0 saturated carbocycles. The van der Waals surface area contributed by atoms with Crippen molar-refractivity contribution in [3.8, 4) is 0 Å².